The van der Waals surface area contributed by atoms with Crippen LogP contribution in [0.2, 0.25) is 0 Å². The van der Waals surface area contributed by atoms with Crippen molar-refractivity contribution in [2.24, 2.45) is 0 Å². The van der Waals surface area contributed by atoms with E-state index in [-0.39, 0.29) is 18.1 Å². The maximum Gasteiger partial charge on any atom is 0.289 e. The Hall–Kier alpha value is -2.31. The van der Waals surface area contributed by atoms with Crippen molar-refractivity contribution < 1.29 is 18.7 Å². The summed E-state index contributed by atoms with van der Waals surface area (Å²) < 4.78 is 17.0. The Morgan fingerprint density at radius 1 is 1.17 bits per heavy atom. The van der Waals surface area contributed by atoms with E-state index in [2.05, 4.69) is 24.8 Å². The van der Waals surface area contributed by atoms with E-state index in [1.165, 1.54) is 5.56 Å². The van der Waals surface area contributed by atoms with Gasteiger partial charge in [-0.05, 0) is 57.5 Å². The van der Waals surface area contributed by atoms with Crippen molar-refractivity contribution in [3.63, 3.8) is 0 Å². The molecule has 6 heteroatoms. The van der Waals surface area contributed by atoms with Gasteiger partial charge in [0.1, 0.15) is 11.5 Å². The smallest absolute Gasteiger partial charge is 0.289 e. The lowest BCUT2D eigenvalue weighted by molar-refractivity contribution is -0.0592. The zero-order chi connectivity index (χ0) is 21.0. The van der Waals surface area contributed by atoms with Gasteiger partial charge in [-0.3, -0.25) is 9.69 Å². The molecule has 1 aliphatic heterocycles. The fourth-order valence-corrected chi connectivity index (χ4v) is 3.70. The molecular formula is C23H32N2O4. The number of ether oxygens (including phenoxy) is 2. The highest BCUT2D eigenvalue weighted by atomic mass is 16.5. The first-order valence-electron chi connectivity index (χ1n) is 10.3. The van der Waals surface area contributed by atoms with Crippen molar-refractivity contribution >= 4 is 5.91 Å². The van der Waals surface area contributed by atoms with Crippen LogP contribution < -0.4 is 4.74 Å². The molecule has 1 amide bonds. The van der Waals surface area contributed by atoms with Gasteiger partial charge >= 0.3 is 0 Å². The minimum atomic E-state index is -0.0675. The Labute approximate surface area is 173 Å². The quantitative estimate of drug-likeness (QED) is 0.704. The number of amides is 1. The Morgan fingerprint density at radius 3 is 2.55 bits per heavy atom. The summed E-state index contributed by atoms with van der Waals surface area (Å²) in [5.41, 5.74) is 1.18. The third-order valence-corrected chi connectivity index (χ3v) is 5.19. The third-order valence-electron chi connectivity index (χ3n) is 5.19. The lowest BCUT2D eigenvalue weighted by Gasteiger charge is -2.34. The maximum atomic E-state index is 12.8. The third kappa shape index (κ3) is 5.61. The van der Waals surface area contributed by atoms with Gasteiger partial charge in [-0.1, -0.05) is 12.1 Å². The summed E-state index contributed by atoms with van der Waals surface area (Å²) in [6, 6.07) is 12.1. The molecule has 1 fully saturated rings. The summed E-state index contributed by atoms with van der Waals surface area (Å²) in [6.45, 7) is 10.9. The zero-order valence-corrected chi connectivity index (χ0v) is 18.1. The van der Waals surface area contributed by atoms with Crippen LogP contribution in [0.25, 0.3) is 0 Å². The number of furan rings is 1. The first-order chi connectivity index (χ1) is 13.9. The van der Waals surface area contributed by atoms with Crippen molar-refractivity contribution in [1.29, 1.82) is 0 Å². The van der Waals surface area contributed by atoms with E-state index in [4.69, 9.17) is 13.9 Å². The second kappa shape index (κ2) is 9.46. The first kappa shape index (κ1) is 21.4. The van der Waals surface area contributed by atoms with E-state index in [0.717, 1.165) is 18.1 Å². The summed E-state index contributed by atoms with van der Waals surface area (Å²) in [5.74, 6) is 1.97. The molecule has 1 aromatic heterocycles. The molecule has 1 saturated heterocycles. The van der Waals surface area contributed by atoms with Crippen molar-refractivity contribution in [3.05, 3.63) is 53.5 Å². The molecule has 0 aliphatic carbocycles. The van der Waals surface area contributed by atoms with Gasteiger partial charge in [0.05, 0.1) is 25.9 Å². The lowest BCUT2D eigenvalue weighted by atomic mass is 10.1. The molecule has 6 nitrogen and oxygen atoms in total. The number of carbonyl (C=O) groups is 1. The van der Waals surface area contributed by atoms with Crippen LogP contribution in [-0.2, 0) is 17.8 Å². The molecule has 2 aromatic rings. The fourth-order valence-electron chi connectivity index (χ4n) is 3.70. The lowest BCUT2D eigenvalue weighted by Crippen LogP contribution is -2.48. The van der Waals surface area contributed by atoms with E-state index >= 15 is 0 Å². The predicted octanol–water partition coefficient (Wildman–Crippen LogP) is 3.95. The number of morpholine rings is 1. The SMILES string of the molecule is COc1cccc(CN(Cc2ccc(C(=O)N3CC(C)OC(C)C3)o2)C(C)C)c1. The summed E-state index contributed by atoms with van der Waals surface area (Å²) in [6.07, 6.45) is 0.0767. The van der Waals surface area contributed by atoms with Crippen LogP contribution in [-0.4, -0.2) is 54.2 Å². The molecule has 3 rings (SSSR count). The van der Waals surface area contributed by atoms with Gasteiger partial charge in [0.2, 0.25) is 0 Å². The van der Waals surface area contributed by atoms with Crippen LogP contribution in [0.4, 0.5) is 0 Å². The number of nitrogens with zero attached hydrogens (tertiary/aromatic N) is 2. The molecule has 0 bridgehead atoms. The molecule has 0 spiro atoms. The predicted molar refractivity (Wildman–Crippen MR) is 112 cm³/mol. The number of hydrogen-bond acceptors (Lipinski definition) is 5. The molecule has 2 heterocycles. The number of rotatable bonds is 7. The number of benzene rings is 1. The summed E-state index contributed by atoms with van der Waals surface area (Å²) in [4.78, 5) is 17.0. The Balaban J connectivity index is 1.67. The number of carbonyl (C=O) groups excluding carboxylic acids is 1. The van der Waals surface area contributed by atoms with Crippen LogP contribution in [0, 0.1) is 0 Å². The highest BCUT2D eigenvalue weighted by Gasteiger charge is 2.28. The minimum absolute atomic E-state index is 0.0384. The second-order valence-corrected chi connectivity index (χ2v) is 8.08. The molecular weight excluding hydrogens is 368 g/mol. The normalized spacial score (nSPS) is 19.8. The van der Waals surface area contributed by atoms with Gasteiger partial charge in [-0.15, -0.1) is 0 Å². The van der Waals surface area contributed by atoms with Crippen LogP contribution in [0.15, 0.2) is 40.8 Å². The van der Waals surface area contributed by atoms with Gasteiger partial charge in [-0.2, -0.15) is 0 Å². The average molecular weight is 401 g/mol. The Kier molecular flexibility index (Phi) is 6.98. The molecule has 1 aromatic carbocycles. The maximum absolute atomic E-state index is 12.8. The van der Waals surface area contributed by atoms with Crippen molar-refractivity contribution in [1.82, 2.24) is 9.80 Å². The summed E-state index contributed by atoms with van der Waals surface area (Å²) in [7, 11) is 1.68. The van der Waals surface area contributed by atoms with Crippen LogP contribution in [0.5, 0.6) is 5.75 Å². The fraction of sp³-hybridized carbons (Fsp3) is 0.522. The van der Waals surface area contributed by atoms with E-state index in [0.29, 0.717) is 31.4 Å². The molecule has 29 heavy (non-hydrogen) atoms. The molecule has 158 valence electrons. The highest BCUT2D eigenvalue weighted by molar-refractivity contribution is 5.91. The molecule has 0 radical (unpaired) electrons. The average Bonchev–Trinajstić information content (AvgIpc) is 3.14. The summed E-state index contributed by atoms with van der Waals surface area (Å²) in [5, 5.41) is 0. The van der Waals surface area contributed by atoms with Crippen molar-refractivity contribution in [3.8, 4) is 5.75 Å². The van der Waals surface area contributed by atoms with Crippen LogP contribution in [0.3, 0.4) is 0 Å². The van der Waals surface area contributed by atoms with E-state index in [1.54, 1.807) is 13.2 Å². The van der Waals surface area contributed by atoms with E-state index in [9.17, 15) is 4.79 Å². The van der Waals surface area contributed by atoms with E-state index < -0.39 is 0 Å². The topological polar surface area (TPSA) is 55.2 Å². The first-order valence-corrected chi connectivity index (χ1v) is 10.3. The Morgan fingerprint density at radius 2 is 1.90 bits per heavy atom. The largest absolute Gasteiger partial charge is 0.497 e. The minimum Gasteiger partial charge on any atom is -0.497 e. The van der Waals surface area contributed by atoms with Gasteiger partial charge in [0.25, 0.3) is 5.91 Å². The van der Waals surface area contributed by atoms with Crippen molar-refractivity contribution in [2.45, 2.75) is 59.0 Å². The van der Waals surface area contributed by atoms with Gasteiger partial charge in [0.15, 0.2) is 5.76 Å². The highest BCUT2D eigenvalue weighted by Crippen LogP contribution is 2.20. The molecule has 1 aliphatic rings. The molecule has 2 atom stereocenters. The van der Waals surface area contributed by atoms with Gasteiger partial charge in [-0.25, -0.2) is 0 Å². The molecule has 0 N–H and O–H groups in total. The molecule has 0 saturated carbocycles. The van der Waals surface area contributed by atoms with Crippen LogP contribution >= 0.6 is 0 Å². The number of methoxy groups -OCH3 is 1. The van der Waals surface area contributed by atoms with Gasteiger partial charge in [0, 0.05) is 25.7 Å². The standard InChI is InChI=1S/C23H32N2O4/c1-16(2)24(14-19-7-6-8-20(11-19)27-5)15-21-9-10-22(29-21)23(26)25-12-17(3)28-18(4)13-25/h6-11,16-18H,12-15H2,1-5H3. The van der Waals surface area contributed by atoms with E-state index in [1.807, 2.05) is 43.0 Å². The van der Waals surface area contributed by atoms with Crippen LogP contribution in [0.1, 0.15) is 49.6 Å². The Bertz CT molecular complexity index is 807. The monoisotopic (exact) mass is 400 g/mol. The second-order valence-electron chi connectivity index (χ2n) is 8.08. The molecule has 2 unspecified atom stereocenters. The zero-order valence-electron chi connectivity index (χ0n) is 18.1. The van der Waals surface area contributed by atoms with Crippen molar-refractivity contribution in [2.75, 3.05) is 20.2 Å². The summed E-state index contributed by atoms with van der Waals surface area (Å²) >= 11 is 0. The number of hydrogen-bond donors (Lipinski definition) is 0. The van der Waals surface area contributed by atoms with Gasteiger partial charge < -0.3 is 18.8 Å².